The molecule has 2 unspecified atom stereocenters. The molecule has 0 spiro atoms. The van der Waals surface area contributed by atoms with E-state index in [4.69, 9.17) is 0 Å². The van der Waals surface area contributed by atoms with Crippen molar-refractivity contribution in [1.82, 2.24) is 9.97 Å². The largest absolute Gasteiger partial charge is 0.396 e. The van der Waals surface area contributed by atoms with Gasteiger partial charge >= 0.3 is 0 Å². The predicted octanol–water partition coefficient (Wildman–Crippen LogP) is 2.68. The molecule has 0 aliphatic rings. The van der Waals surface area contributed by atoms with Crippen molar-refractivity contribution in [2.24, 2.45) is 5.92 Å². The molecule has 2 heterocycles. The standard InChI is InChI=1S/C13H19N3OS/c1-4-11-15-12(14-9(3)8(2)7-17)10-5-6-18-13(10)16-11/h5-6,8-9,17H,4,7H2,1-3H3,(H,14,15,16). The fourth-order valence-corrected chi connectivity index (χ4v) is 2.47. The predicted molar refractivity (Wildman–Crippen MR) is 76.1 cm³/mol. The molecule has 2 N–H and O–H groups in total. The lowest BCUT2D eigenvalue weighted by Gasteiger charge is -2.20. The maximum Gasteiger partial charge on any atom is 0.138 e. The van der Waals surface area contributed by atoms with E-state index in [0.717, 1.165) is 28.3 Å². The van der Waals surface area contributed by atoms with Crippen molar-refractivity contribution in [2.45, 2.75) is 33.2 Å². The van der Waals surface area contributed by atoms with Crippen LogP contribution in [0, 0.1) is 5.92 Å². The average Bonchev–Trinajstić information content (AvgIpc) is 2.85. The molecule has 0 aliphatic heterocycles. The number of fused-ring (bicyclic) bond motifs is 1. The molecule has 2 rings (SSSR count). The van der Waals surface area contributed by atoms with Crippen LogP contribution in [0.2, 0.25) is 0 Å². The number of aryl methyl sites for hydroxylation is 1. The molecule has 0 radical (unpaired) electrons. The number of nitrogens with one attached hydrogen (secondary N) is 1. The van der Waals surface area contributed by atoms with Crippen LogP contribution in [0.4, 0.5) is 5.82 Å². The lowest BCUT2D eigenvalue weighted by atomic mass is 10.1. The monoisotopic (exact) mass is 265 g/mol. The van der Waals surface area contributed by atoms with Crippen molar-refractivity contribution in [2.75, 3.05) is 11.9 Å². The Bertz CT molecular complexity index is 526. The number of nitrogens with zero attached hydrogens (tertiary/aromatic N) is 2. The van der Waals surface area contributed by atoms with E-state index >= 15 is 0 Å². The van der Waals surface area contributed by atoms with Gasteiger partial charge in [0.2, 0.25) is 0 Å². The quantitative estimate of drug-likeness (QED) is 0.872. The topological polar surface area (TPSA) is 58.0 Å². The van der Waals surface area contributed by atoms with E-state index in [2.05, 4.69) is 29.1 Å². The average molecular weight is 265 g/mol. The van der Waals surface area contributed by atoms with Gasteiger partial charge in [0.1, 0.15) is 16.5 Å². The molecule has 0 fully saturated rings. The van der Waals surface area contributed by atoms with Gasteiger partial charge in [0.05, 0.1) is 5.39 Å². The second-order valence-corrected chi connectivity index (χ2v) is 5.47. The van der Waals surface area contributed by atoms with E-state index in [-0.39, 0.29) is 18.6 Å². The Morgan fingerprint density at radius 3 is 2.83 bits per heavy atom. The minimum Gasteiger partial charge on any atom is -0.396 e. The van der Waals surface area contributed by atoms with Crippen molar-refractivity contribution in [1.29, 1.82) is 0 Å². The minimum atomic E-state index is 0.173. The van der Waals surface area contributed by atoms with Gasteiger partial charge in [0.25, 0.3) is 0 Å². The number of aromatic nitrogens is 2. The molecule has 0 saturated heterocycles. The molecular weight excluding hydrogens is 246 g/mol. The van der Waals surface area contributed by atoms with Crippen molar-refractivity contribution in [3.8, 4) is 0 Å². The number of aliphatic hydroxyl groups is 1. The summed E-state index contributed by atoms with van der Waals surface area (Å²) in [5.74, 6) is 1.93. The summed E-state index contributed by atoms with van der Waals surface area (Å²) < 4.78 is 0. The van der Waals surface area contributed by atoms with E-state index in [0.29, 0.717) is 0 Å². The summed E-state index contributed by atoms with van der Waals surface area (Å²) >= 11 is 1.63. The zero-order valence-electron chi connectivity index (χ0n) is 11.0. The lowest BCUT2D eigenvalue weighted by molar-refractivity contribution is 0.226. The fraction of sp³-hybridized carbons (Fsp3) is 0.538. The SMILES string of the molecule is CCc1nc(NC(C)C(C)CO)c2ccsc2n1. The number of thiophene rings is 1. The maximum atomic E-state index is 9.19. The highest BCUT2D eigenvalue weighted by Crippen LogP contribution is 2.26. The van der Waals surface area contributed by atoms with Crippen LogP contribution in [0.5, 0.6) is 0 Å². The van der Waals surface area contributed by atoms with E-state index < -0.39 is 0 Å². The molecule has 98 valence electrons. The number of anilines is 1. The zero-order valence-corrected chi connectivity index (χ0v) is 11.8. The van der Waals surface area contributed by atoms with Crippen LogP contribution in [-0.4, -0.2) is 27.7 Å². The molecule has 0 amide bonds. The summed E-state index contributed by atoms with van der Waals surface area (Å²) in [6.45, 7) is 6.31. The molecule has 0 aromatic carbocycles. The normalized spacial score (nSPS) is 14.7. The highest BCUT2D eigenvalue weighted by molar-refractivity contribution is 7.16. The van der Waals surface area contributed by atoms with Crippen LogP contribution in [0.15, 0.2) is 11.4 Å². The summed E-state index contributed by atoms with van der Waals surface area (Å²) in [4.78, 5) is 10.1. The van der Waals surface area contributed by atoms with Crippen LogP contribution in [0.3, 0.4) is 0 Å². The van der Waals surface area contributed by atoms with Gasteiger partial charge in [-0.3, -0.25) is 0 Å². The number of rotatable bonds is 5. The van der Waals surface area contributed by atoms with E-state index in [1.807, 2.05) is 18.4 Å². The Kier molecular flexibility index (Phi) is 4.14. The van der Waals surface area contributed by atoms with Crippen molar-refractivity contribution >= 4 is 27.4 Å². The maximum absolute atomic E-state index is 9.19. The van der Waals surface area contributed by atoms with E-state index in [1.54, 1.807) is 11.3 Å². The van der Waals surface area contributed by atoms with Gasteiger partial charge in [0, 0.05) is 19.1 Å². The third-order valence-corrected chi connectivity index (χ3v) is 4.00. The molecule has 2 aromatic rings. The number of aliphatic hydroxyl groups excluding tert-OH is 1. The second-order valence-electron chi connectivity index (χ2n) is 4.57. The third kappa shape index (κ3) is 2.62. The molecule has 18 heavy (non-hydrogen) atoms. The number of hydrogen-bond acceptors (Lipinski definition) is 5. The highest BCUT2D eigenvalue weighted by atomic mass is 32.1. The lowest BCUT2D eigenvalue weighted by Crippen LogP contribution is -2.27. The molecular formula is C13H19N3OS. The van der Waals surface area contributed by atoms with Crippen LogP contribution < -0.4 is 5.32 Å². The Balaban J connectivity index is 2.33. The minimum absolute atomic E-state index is 0.173. The van der Waals surface area contributed by atoms with Gasteiger partial charge in [-0.25, -0.2) is 9.97 Å². The van der Waals surface area contributed by atoms with Crippen LogP contribution in [-0.2, 0) is 6.42 Å². The first kappa shape index (κ1) is 13.2. The third-order valence-electron chi connectivity index (χ3n) is 3.19. The summed E-state index contributed by atoms with van der Waals surface area (Å²) in [6.07, 6.45) is 0.826. The summed E-state index contributed by atoms with van der Waals surface area (Å²) in [6, 6.07) is 2.22. The van der Waals surface area contributed by atoms with Gasteiger partial charge in [0.15, 0.2) is 0 Å². The van der Waals surface area contributed by atoms with Crippen molar-refractivity contribution in [3.63, 3.8) is 0 Å². The fourth-order valence-electron chi connectivity index (χ4n) is 1.68. The van der Waals surface area contributed by atoms with Gasteiger partial charge in [-0.2, -0.15) is 0 Å². The summed E-state index contributed by atoms with van der Waals surface area (Å²) in [5.41, 5.74) is 0. The van der Waals surface area contributed by atoms with Gasteiger partial charge < -0.3 is 10.4 Å². The van der Waals surface area contributed by atoms with Gasteiger partial charge in [-0.05, 0) is 24.3 Å². The first-order valence-electron chi connectivity index (χ1n) is 6.27. The summed E-state index contributed by atoms with van der Waals surface area (Å²) in [7, 11) is 0. The molecule has 0 bridgehead atoms. The molecule has 5 heteroatoms. The highest BCUT2D eigenvalue weighted by Gasteiger charge is 2.14. The smallest absolute Gasteiger partial charge is 0.138 e. The molecule has 2 aromatic heterocycles. The van der Waals surface area contributed by atoms with Crippen molar-refractivity contribution < 1.29 is 5.11 Å². The Hall–Kier alpha value is -1.20. The van der Waals surface area contributed by atoms with Gasteiger partial charge in [-0.15, -0.1) is 11.3 Å². The molecule has 2 atom stereocenters. The van der Waals surface area contributed by atoms with Crippen LogP contribution >= 0.6 is 11.3 Å². The zero-order chi connectivity index (χ0) is 13.1. The molecule has 0 aliphatic carbocycles. The number of hydrogen-bond donors (Lipinski definition) is 2. The Morgan fingerprint density at radius 1 is 1.39 bits per heavy atom. The summed E-state index contributed by atoms with van der Waals surface area (Å²) in [5, 5.41) is 15.7. The van der Waals surface area contributed by atoms with E-state index in [1.165, 1.54) is 0 Å². The molecule has 4 nitrogen and oxygen atoms in total. The van der Waals surface area contributed by atoms with Crippen molar-refractivity contribution in [3.05, 3.63) is 17.3 Å². The first-order chi connectivity index (χ1) is 8.65. The Morgan fingerprint density at radius 2 is 2.17 bits per heavy atom. The van der Waals surface area contributed by atoms with Crippen LogP contribution in [0.1, 0.15) is 26.6 Å². The molecule has 0 saturated carbocycles. The first-order valence-corrected chi connectivity index (χ1v) is 7.15. The second kappa shape index (κ2) is 5.63. The van der Waals surface area contributed by atoms with Crippen LogP contribution in [0.25, 0.3) is 10.2 Å². The Labute approximate surface area is 111 Å². The van der Waals surface area contributed by atoms with Gasteiger partial charge in [-0.1, -0.05) is 13.8 Å². The van der Waals surface area contributed by atoms with E-state index in [9.17, 15) is 5.11 Å².